The lowest BCUT2D eigenvalue weighted by Crippen LogP contribution is -1.70. The van der Waals surface area contributed by atoms with Gasteiger partial charge in [-0.1, -0.05) is 6.07 Å². The van der Waals surface area contributed by atoms with Crippen LogP contribution < -0.4 is 0 Å². The molecule has 1 aromatic carbocycles. The van der Waals surface area contributed by atoms with Crippen LogP contribution in [-0.2, 0) is 0 Å². The van der Waals surface area contributed by atoms with Gasteiger partial charge in [0, 0.05) is 6.61 Å². The van der Waals surface area contributed by atoms with Gasteiger partial charge in [-0.05, 0) is 31.5 Å². The fourth-order valence-corrected chi connectivity index (χ4v) is 0.633. The molecular formula is C9H14O3. The minimum absolute atomic E-state index is 0.0602. The highest BCUT2D eigenvalue weighted by Gasteiger charge is 1.94. The van der Waals surface area contributed by atoms with E-state index in [4.69, 9.17) is 15.3 Å². The van der Waals surface area contributed by atoms with Crippen molar-refractivity contribution in [2.24, 2.45) is 0 Å². The second-order valence-corrected chi connectivity index (χ2v) is 2.31. The first-order chi connectivity index (χ1) is 5.61. The average molecular weight is 170 g/mol. The van der Waals surface area contributed by atoms with Gasteiger partial charge in [-0.25, -0.2) is 0 Å². The lowest BCUT2D eigenvalue weighted by molar-refractivity contribution is 0.318. The van der Waals surface area contributed by atoms with Gasteiger partial charge in [-0.2, -0.15) is 0 Å². The number of hydrogen-bond acceptors (Lipinski definition) is 3. The summed E-state index contributed by atoms with van der Waals surface area (Å²) >= 11 is 0. The van der Waals surface area contributed by atoms with Crippen molar-refractivity contribution in [3.63, 3.8) is 0 Å². The van der Waals surface area contributed by atoms with E-state index in [1.807, 2.05) is 6.92 Å². The van der Waals surface area contributed by atoms with Gasteiger partial charge in [-0.15, -0.1) is 0 Å². The number of rotatable bonds is 0. The molecule has 0 saturated heterocycles. The van der Waals surface area contributed by atoms with Gasteiger partial charge in [-0.3, -0.25) is 0 Å². The summed E-state index contributed by atoms with van der Waals surface area (Å²) < 4.78 is 0. The minimum atomic E-state index is -0.0689. The number of aryl methyl sites for hydroxylation is 1. The highest BCUT2D eigenvalue weighted by atomic mass is 16.3. The van der Waals surface area contributed by atoms with Gasteiger partial charge in [0.2, 0.25) is 0 Å². The Morgan fingerprint density at radius 3 is 2.00 bits per heavy atom. The molecule has 0 bridgehead atoms. The third kappa shape index (κ3) is 3.83. The molecule has 1 rings (SSSR count). The van der Waals surface area contributed by atoms with Crippen molar-refractivity contribution in [1.82, 2.24) is 0 Å². The van der Waals surface area contributed by atoms with Crippen molar-refractivity contribution in [1.29, 1.82) is 0 Å². The molecule has 0 atom stereocenters. The van der Waals surface area contributed by atoms with E-state index in [0.29, 0.717) is 0 Å². The molecule has 0 aliphatic heterocycles. The van der Waals surface area contributed by atoms with Gasteiger partial charge >= 0.3 is 0 Å². The quantitative estimate of drug-likeness (QED) is 0.516. The molecule has 0 fully saturated rings. The van der Waals surface area contributed by atoms with Gasteiger partial charge < -0.3 is 15.3 Å². The molecule has 0 heterocycles. The molecular weight excluding hydrogens is 156 g/mol. The SMILES string of the molecule is CCO.Cc1ccc(O)c(O)c1. The third-order valence-electron chi connectivity index (χ3n) is 1.13. The van der Waals surface area contributed by atoms with Gasteiger partial charge in [0.05, 0.1) is 0 Å². The van der Waals surface area contributed by atoms with Crippen molar-refractivity contribution in [3.8, 4) is 11.5 Å². The molecule has 68 valence electrons. The Morgan fingerprint density at radius 2 is 1.67 bits per heavy atom. The van der Waals surface area contributed by atoms with Crippen LogP contribution in [0.4, 0.5) is 0 Å². The van der Waals surface area contributed by atoms with Crippen LogP contribution in [0.25, 0.3) is 0 Å². The van der Waals surface area contributed by atoms with Crippen LogP contribution in [0.2, 0.25) is 0 Å². The average Bonchev–Trinajstić information content (AvgIpc) is 1.99. The van der Waals surface area contributed by atoms with Gasteiger partial charge in [0.1, 0.15) is 0 Å². The number of hydrogen-bond donors (Lipinski definition) is 3. The summed E-state index contributed by atoms with van der Waals surface area (Å²) in [6, 6.07) is 4.70. The van der Waals surface area contributed by atoms with Crippen molar-refractivity contribution >= 4 is 0 Å². The summed E-state index contributed by atoms with van der Waals surface area (Å²) in [7, 11) is 0. The minimum Gasteiger partial charge on any atom is -0.504 e. The Labute approximate surface area is 71.9 Å². The molecule has 3 heteroatoms. The van der Waals surface area contributed by atoms with Crippen LogP contribution in [0.15, 0.2) is 18.2 Å². The lowest BCUT2D eigenvalue weighted by Gasteiger charge is -1.95. The summed E-state index contributed by atoms with van der Waals surface area (Å²) in [5.41, 5.74) is 0.935. The molecule has 0 unspecified atom stereocenters. The first-order valence-corrected chi connectivity index (χ1v) is 3.71. The standard InChI is InChI=1S/C7H8O2.C2H6O/c1-5-2-3-6(8)7(9)4-5;1-2-3/h2-4,8-9H,1H3;3H,2H2,1H3. The molecule has 3 N–H and O–H groups in total. The largest absolute Gasteiger partial charge is 0.504 e. The summed E-state index contributed by atoms with van der Waals surface area (Å²) in [5, 5.41) is 25.2. The first-order valence-electron chi connectivity index (χ1n) is 3.71. The van der Waals surface area contributed by atoms with Crippen LogP contribution in [0, 0.1) is 6.92 Å². The Hall–Kier alpha value is -1.22. The topological polar surface area (TPSA) is 60.7 Å². The highest BCUT2D eigenvalue weighted by molar-refractivity contribution is 5.39. The second-order valence-electron chi connectivity index (χ2n) is 2.31. The first kappa shape index (κ1) is 10.8. The van der Waals surface area contributed by atoms with Crippen molar-refractivity contribution < 1.29 is 15.3 Å². The van der Waals surface area contributed by atoms with Crippen molar-refractivity contribution in [2.75, 3.05) is 6.61 Å². The molecule has 0 saturated carbocycles. The highest BCUT2D eigenvalue weighted by Crippen LogP contribution is 2.23. The lowest BCUT2D eigenvalue weighted by atomic mass is 10.2. The molecule has 0 spiro atoms. The van der Waals surface area contributed by atoms with Crippen LogP contribution >= 0.6 is 0 Å². The number of benzene rings is 1. The maximum Gasteiger partial charge on any atom is 0.157 e. The van der Waals surface area contributed by atoms with Gasteiger partial charge in [0.15, 0.2) is 11.5 Å². The smallest absolute Gasteiger partial charge is 0.157 e. The molecule has 0 aromatic heterocycles. The summed E-state index contributed by atoms with van der Waals surface area (Å²) in [6.07, 6.45) is 0. The Morgan fingerprint density at radius 1 is 1.17 bits per heavy atom. The van der Waals surface area contributed by atoms with Crippen LogP contribution in [0.5, 0.6) is 11.5 Å². The van der Waals surface area contributed by atoms with Gasteiger partial charge in [0.25, 0.3) is 0 Å². The predicted molar refractivity (Wildman–Crippen MR) is 47.3 cm³/mol. The number of aromatic hydroxyl groups is 2. The van der Waals surface area contributed by atoms with E-state index in [1.54, 1.807) is 13.0 Å². The zero-order valence-electron chi connectivity index (χ0n) is 7.28. The molecule has 12 heavy (non-hydrogen) atoms. The van der Waals surface area contributed by atoms with Crippen LogP contribution in [0.3, 0.4) is 0 Å². The van der Waals surface area contributed by atoms with E-state index < -0.39 is 0 Å². The van der Waals surface area contributed by atoms with E-state index in [0.717, 1.165) is 5.56 Å². The fraction of sp³-hybridized carbons (Fsp3) is 0.333. The molecule has 0 aliphatic rings. The van der Waals surface area contributed by atoms with E-state index >= 15 is 0 Å². The molecule has 0 radical (unpaired) electrons. The van der Waals surface area contributed by atoms with Crippen LogP contribution in [-0.4, -0.2) is 21.9 Å². The van der Waals surface area contributed by atoms with E-state index in [-0.39, 0.29) is 18.1 Å². The Bertz CT molecular complexity index is 233. The number of aliphatic hydroxyl groups excluding tert-OH is 1. The van der Waals surface area contributed by atoms with E-state index in [9.17, 15) is 0 Å². The van der Waals surface area contributed by atoms with E-state index in [2.05, 4.69) is 0 Å². The zero-order valence-corrected chi connectivity index (χ0v) is 7.28. The predicted octanol–water partition coefficient (Wildman–Crippen LogP) is 1.40. The molecule has 0 aliphatic carbocycles. The molecule has 3 nitrogen and oxygen atoms in total. The molecule has 1 aromatic rings. The normalized spacial score (nSPS) is 8.58. The number of aliphatic hydroxyl groups is 1. The molecule has 0 amide bonds. The maximum atomic E-state index is 8.85. The zero-order chi connectivity index (χ0) is 9.56. The number of phenolic OH excluding ortho intramolecular Hbond substituents is 2. The summed E-state index contributed by atoms with van der Waals surface area (Å²) in [5.74, 6) is -0.129. The van der Waals surface area contributed by atoms with Crippen LogP contribution in [0.1, 0.15) is 12.5 Å². The Kier molecular flexibility index (Phi) is 4.88. The summed E-state index contributed by atoms with van der Waals surface area (Å²) in [4.78, 5) is 0. The fourth-order valence-electron chi connectivity index (χ4n) is 0.633. The van der Waals surface area contributed by atoms with E-state index in [1.165, 1.54) is 12.1 Å². The number of phenols is 2. The van der Waals surface area contributed by atoms with Crippen molar-refractivity contribution in [3.05, 3.63) is 23.8 Å². The Balaban J connectivity index is 0.000000354. The third-order valence-corrected chi connectivity index (χ3v) is 1.13. The maximum absolute atomic E-state index is 8.85. The summed E-state index contributed by atoms with van der Waals surface area (Å²) in [6.45, 7) is 3.78. The second kappa shape index (κ2) is 5.43. The van der Waals surface area contributed by atoms with Crippen molar-refractivity contribution in [2.45, 2.75) is 13.8 Å². The monoisotopic (exact) mass is 170 g/mol.